The number of rotatable bonds is 3. The zero-order valence-electron chi connectivity index (χ0n) is 11.2. The summed E-state index contributed by atoms with van der Waals surface area (Å²) in [5.74, 6) is 1.39. The molecule has 0 aliphatic carbocycles. The van der Waals surface area contributed by atoms with E-state index in [2.05, 4.69) is 15.1 Å². The van der Waals surface area contributed by atoms with E-state index in [9.17, 15) is 0 Å². The SMILES string of the molecule is Cc1cc(C)n2nc(SCc3ccccc3Cl)nc2n1. The third-order valence-electron chi connectivity index (χ3n) is 2.91. The monoisotopic (exact) mass is 304 g/mol. The van der Waals surface area contributed by atoms with Crippen LogP contribution in [0.4, 0.5) is 0 Å². The molecule has 0 amide bonds. The van der Waals surface area contributed by atoms with Gasteiger partial charge in [-0.25, -0.2) is 9.50 Å². The number of aryl methyl sites for hydroxylation is 2. The van der Waals surface area contributed by atoms with Crippen LogP contribution in [0.25, 0.3) is 5.78 Å². The Hall–Kier alpha value is -1.59. The molecule has 3 rings (SSSR count). The second-order valence-corrected chi connectivity index (χ2v) is 5.87. The number of hydrogen-bond donors (Lipinski definition) is 0. The van der Waals surface area contributed by atoms with Crippen molar-refractivity contribution in [3.8, 4) is 0 Å². The summed E-state index contributed by atoms with van der Waals surface area (Å²) >= 11 is 7.70. The van der Waals surface area contributed by atoms with Crippen LogP contribution in [0.5, 0.6) is 0 Å². The maximum absolute atomic E-state index is 6.14. The smallest absolute Gasteiger partial charge is 0.216 e. The van der Waals surface area contributed by atoms with E-state index in [1.165, 1.54) is 0 Å². The van der Waals surface area contributed by atoms with Crippen LogP contribution in [-0.2, 0) is 5.75 Å². The molecule has 0 unspecified atom stereocenters. The topological polar surface area (TPSA) is 43.1 Å². The van der Waals surface area contributed by atoms with Crippen molar-refractivity contribution in [1.29, 1.82) is 0 Å². The Balaban J connectivity index is 1.85. The van der Waals surface area contributed by atoms with Gasteiger partial charge in [0.1, 0.15) is 0 Å². The number of fused-ring (bicyclic) bond motifs is 1. The van der Waals surface area contributed by atoms with Crippen LogP contribution < -0.4 is 0 Å². The van der Waals surface area contributed by atoms with Gasteiger partial charge >= 0.3 is 0 Å². The zero-order chi connectivity index (χ0) is 14.1. The van der Waals surface area contributed by atoms with Crippen LogP contribution in [0, 0.1) is 13.8 Å². The number of benzene rings is 1. The van der Waals surface area contributed by atoms with E-state index in [0.717, 1.165) is 27.7 Å². The van der Waals surface area contributed by atoms with Gasteiger partial charge < -0.3 is 0 Å². The Morgan fingerprint density at radius 1 is 1.20 bits per heavy atom. The fourth-order valence-electron chi connectivity index (χ4n) is 1.97. The third kappa shape index (κ3) is 2.64. The first kappa shape index (κ1) is 13.4. The molecule has 0 spiro atoms. The van der Waals surface area contributed by atoms with Gasteiger partial charge in [0, 0.05) is 22.2 Å². The van der Waals surface area contributed by atoms with Gasteiger partial charge in [0.05, 0.1) is 0 Å². The molecule has 0 N–H and O–H groups in total. The van der Waals surface area contributed by atoms with Gasteiger partial charge in [0.15, 0.2) is 0 Å². The molecule has 3 aromatic rings. The van der Waals surface area contributed by atoms with Gasteiger partial charge in [0.25, 0.3) is 5.78 Å². The summed E-state index contributed by atoms with van der Waals surface area (Å²) in [6.07, 6.45) is 0. The maximum Gasteiger partial charge on any atom is 0.253 e. The van der Waals surface area contributed by atoms with Crippen LogP contribution in [0.15, 0.2) is 35.5 Å². The molecule has 0 radical (unpaired) electrons. The normalized spacial score (nSPS) is 11.2. The minimum Gasteiger partial charge on any atom is -0.216 e. The lowest BCUT2D eigenvalue weighted by atomic mass is 10.2. The summed E-state index contributed by atoms with van der Waals surface area (Å²) in [6, 6.07) is 9.80. The predicted octanol–water partition coefficient (Wildman–Crippen LogP) is 3.69. The lowest BCUT2D eigenvalue weighted by Crippen LogP contribution is -1.97. The van der Waals surface area contributed by atoms with Crippen molar-refractivity contribution in [2.75, 3.05) is 0 Å². The van der Waals surface area contributed by atoms with E-state index in [-0.39, 0.29) is 0 Å². The first-order chi connectivity index (χ1) is 9.63. The molecule has 6 heteroatoms. The summed E-state index contributed by atoms with van der Waals surface area (Å²) < 4.78 is 1.77. The Bertz CT molecular complexity index is 769. The number of hydrogen-bond acceptors (Lipinski definition) is 4. The largest absolute Gasteiger partial charge is 0.253 e. The standard InChI is InChI=1S/C14H13ClN4S/c1-9-7-10(2)19-13(16-9)17-14(18-19)20-8-11-5-3-4-6-12(11)15/h3-7H,8H2,1-2H3. The van der Waals surface area contributed by atoms with Crippen LogP contribution in [0.2, 0.25) is 5.02 Å². The first-order valence-electron chi connectivity index (χ1n) is 6.21. The van der Waals surface area contributed by atoms with Crippen molar-refractivity contribution in [3.05, 3.63) is 52.3 Å². The Morgan fingerprint density at radius 2 is 2.00 bits per heavy atom. The molecule has 1 aromatic carbocycles. The van der Waals surface area contributed by atoms with Gasteiger partial charge in [-0.1, -0.05) is 41.6 Å². The Kier molecular flexibility index (Phi) is 3.63. The Labute approximate surface area is 126 Å². The van der Waals surface area contributed by atoms with Gasteiger partial charge in [-0.2, -0.15) is 4.98 Å². The van der Waals surface area contributed by atoms with E-state index >= 15 is 0 Å². The van der Waals surface area contributed by atoms with Crippen molar-refractivity contribution in [2.45, 2.75) is 24.8 Å². The second-order valence-electron chi connectivity index (χ2n) is 4.53. The molecular formula is C14H13ClN4S. The summed E-state index contributed by atoms with van der Waals surface area (Å²) in [7, 11) is 0. The first-order valence-corrected chi connectivity index (χ1v) is 7.57. The average Bonchev–Trinajstić information content (AvgIpc) is 2.81. The minimum absolute atomic E-state index is 0.643. The number of aromatic nitrogens is 4. The fraction of sp³-hybridized carbons (Fsp3) is 0.214. The van der Waals surface area contributed by atoms with E-state index in [0.29, 0.717) is 10.9 Å². The number of thioether (sulfide) groups is 1. The van der Waals surface area contributed by atoms with E-state index in [4.69, 9.17) is 11.6 Å². The minimum atomic E-state index is 0.643. The molecule has 102 valence electrons. The van der Waals surface area contributed by atoms with Crippen LogP contribution >= 0.6 is 23.4 Å². The highest BCUT2D eigenvalue weighted by molar-refractivity contribution is 7.98. The van der Waals surface area contributed by atoms with Crippen molar-refractivity contribution in [2.24, 2.45) is 0 Å². The van der Waals surface area contributed by atoms with E-state index in [1.54, 1.807) is 16.3 Å². The molecule has 4 nitrogen and oxygen atoms in total. The Morgan fingerprint density at radius 3 is 2.80 bits per heavy atom. The van der Waals surface area contributed by atoms with Crippen molar-refractivity contribution < 1.29 is 0 Å². The third-order valence-corrected chi connectivity index (χ3v) is 4.17. The molecular weight excluding hydrogens is 292 g/mol. The molecule has 0 atom stereocenters. The van der Waals surface area contributed by atoms with Crippen molar-refractivity contribution in [3.63, 3.8) is 0 Å². The summed E-state index contributed by atoms with van der Waals surface area (Å²) in [6.45, 7) is 3.96. The van der Waals surface area contributed by atoms with Gasteiger partial charge in [-0.15, -0.1) is 5.10 Å². The molecule has 0 saturated carbocycles. The van der Waals surface area contributed by atoms with Crippen LogP contribution in [0.3, 0.4) is 0 Å². The molecule has 0 saturated heterocycles. The van der Waals surface area contributed by atoms with Crippen LogP contribution in [-0.4, -0.2) is 19.6 Å². The number of halogens is 1. The maximum atomic E-state index is 6.14. The van der Waals surface area contributed by atoms with E-state index in [1.807, 2.05) is 44.2 Å². The van der Waals surface area contributed by atoms with Crippen molar-refractivity contribution in [1.82, 2.24) is 19.6 Å². The number of nitrogens with zero attached hydrogens (tertiary/aromatic N) is 4. The summed E-state index contributed by atoms with van der Waals surface area (Å²) in [4.78, 5) is 8.82. The molecule has 0 aliphatic rings. The fourth-order valence-corrected chi connectivity index (χ4v) is 3.07. The van der Waals surface area contributed by atoms with Crippen molar-refractivity contribution >= 4 is 29.1 Å². The molecule has 20 heavy (non-hydrogen) atoms. The molecule has 0 fully saturated rings. The zero-order valence-corrected chi connectivity index (χ0v) is 12.7. The highest BCUT2D eigenvalue weighted by Gasteiger charge is 2.09. The second kappa shape index (κ2) is 5.42. The van der Waals surface area contributed by atoms with Crippen LogP contribution in [0.1, 0.15) is 17.0 Å². The van der Waals surface area contributed by atoms with Gasteiger partial charge in [0.2, 0.25) is 5.16 Å². The van der Waals surface area contributed by atoms with Gasteiger partial charge in [-0.05, 0) is 31.5 Å². The van der Waals surface area contributed by atoms with E-state index < -0.39 is 0 Å². The highest BCUT2D eigenvalue weighted by Crippen LogP contribution is 2.24. The lowest BCUT2D eigenvalue weighted by molar-refractivity contribution is 0.843. The van der Waals surface area contributed by atoms with Gasteiger partial charge in [-0.3, -0.25) is 0 Å². The molecule has 2 aromatic heterocycles. The molecule has 0 aliphatic heterocycles. The molecule has 0 bridgehead atoms. The lowest BCUT2D eigenvalue weighted by Gasteiger charge is -2.00. The average molecular weight is 305 g/mol. The highest BCUT2D eigenvalue weighted by atomic mass is 35.5. The summed E-state index contributed by atoms with van der Waals surface area (Å²) in [5, 5.41) is 5.95. The summed E-state index contributed by atoms with van der Waals surface area (Å²) in [5.41, 5.74) is 3.06. The quantitative estimate of drug-likeness (QED) is 0.692. The molecule has 2 heterocycles. The predicted molar refractivity (Wildman–Crippen MR) is 81.3 cm³/mol.